The lowest BCUT2D eigenvalue weighted by atomic mass is 9.71. The molecule has 1 aliphatic heterocycles. The number of hydrazone groups is 1. The number of halogens is 5. The summed E-state index contributed by atoms with van der Waals surface area (Å²) >= 11 is 9.42. The van der Waals surface area contributed by atoms with Crippen molar-refractivity contribution in [3.8, 4) is 6.07 Å². The Bertz CT molecular complexity index is 1360. The zero-order valence-electron chi connectivity index (χ0n) is 19.4. The smallest absolute Gasteiger partial charge is 0.306 e. The van der Waals surface area contributed by atoms with Crippen molar-refractivity contribution >= 4 is 45.0 Å². The van der Waals surface area contributed by atoms with Gasteiger partial charge in [0, 0.05) is 22.1 Å². The lowest BCUT2D eigenvalue weighted by molar-refractivity contribution is -0.137. The summed E-state index contributed by atoms with van der Waals surface area (Å²) in [5.74, 6) is 0. The molecule has 37 heavy (non-hydrogen) atoms. The van der Waals surface area contributed by atoms with Crippen LogP contribution in [-0.4, -0.2) is 23.3 Å². The van der Waals surface area contributed by atoms with E-state index in [0.717, 1.165) is 16.1 Å². The van der Waals surface area contributed by atoms with Crippen LogP contribution in [0.25, 0.3) is 0 Å². The molecule has 0 saturated heterocycles. The van der Waals surface area contributed by atoms with Gasteiger partial charge in [-0.05, 0) is 54.8 Å². The second-order valence-corrected chi connectivity index (χ2v) is 9.92. The summed E-state index contributed by atoms with van der Waals surface area (Å²) in [4.78, 5) is 13.2. The third-order valence-corrected chi connectivity index (χ3v) is 7.03. The molecule has 1 unspecified atom stereocenters. The molecule has 0 saturated carbocycles. The number of carbonyl (C=O) groups excluding carboxylic acids is 1. The summed E-state index contributed by atoms with van der Waals surface area (Å²) in [5, 5.41) is 17.4. The number of hydrogen-bond donors (Lipinski definition) is 1. The van der Waals surface area contributed by atoms with Crippen molar-refractivity contribution in [1.29, 1.82) is 5.26 Å². The molecule has 0 spiro atoms. The predicted octanol–water partition coefficient (Wildman–Crippen LogP) is 8.00. The summed E-state index contributed by atoms with van der Waals surface area (Å²) in [5.41, 5.74) is 0.371. The van der Waals surface area contributed by atoms with Crippen molar-refractivity contribution in [3.63, 3.8) is 0 Å². The monoisotopic (exact) mass is 588 g/mol. The Hall–Kier alpha value is -3.35. The SMILES string of the molecule is N#CCCCC1(c2ccccc2)CN(C(=O)Nc2ccc(Br)cc2)N=C1c1ccc(C(F)(F)F)c(Cl)c1. The first-order chi connectivity index (χ1) is 17.6. The number of anilines is 1. The average Bonchev–Trinajstić information content (AvgIpc) is 3.26. The lowest BCUT2D eigenvalue weighted by Gasteiger charge is -2.32. The van der Waals surface area contributed by atoms with Gasteiger partial charge in [-0.15, -0.1) is 0 Å². The molecule has 10 heteroatoms. The van der Waals surface area contributed by atoms with E-state index in [-0.39, 0.29) is 13.0 Å². The quantitative estimate of drug-likeness (QED) is 0.296. The summed E-state index contributed by atoms with van der Waals surface area (Å²) in [6.45, 7) is 0.138. The number of benzene rings is 3. The van der Waals surface area contributed by atoms with Gasteiger partial charge >= 0.3 is 12.2 Å². The predicted molar refractivity (Wildman–Crippen MR) is 140 cm³/mol. The van der Waals surface area contributed by atoms with Gasteiger partial charge in [0.05, 0.1) is 34.3 Å². The molecule has 5 nitrogen and oxygen atoms in total. The van der Waals surface area contributed by atoms with Gasteiger partial charge in [0.1, 0.15) is 0 Å². The number of carbonyl (C=O) groups is 1. The molecular formula is C27H21BrClF3N4O. The maximum atomic E-state index is 13.4. The summed E-state index contributed by atoms with van der Waals surface area (Å²) in [6, 6.07) is 21.5. The van der Waals surface area contributed by atoms with Crippen molar-refractivity contribution in [2.24, 2.45) is 5.10 Å². The Kier molecular flexibility index (Phi) is 7.90. The van der Waals surface area contributed by atoms with E-state index in [2.05, 4.69) is 32.4 Å². The summed E-state index contributed by atoms with van der Waals surface area (Å²) in [7, 11) is 0. The number of nitriles is 1. The van der Waals surface area contributed by atoms with Crippen LogP contribution in [0.1, 0.15) is 36.0 Å². The zero-order chi connectivity index (χ0) is 26.6. The lowest BCUT2D eigenvalue weighted by Crippen LogP contribution is -2.41. The second kappa shape index (κ2) is 11.0. The van der Waals surface area contributed by atoms with Gasteiger partial charge in [-0.2, -0.15) is 23.5 Å². The molecule has 0 bridgehead atoms. The zero-order valence-corrected chi connectivity index (χ0v) is 21.7. The first-order valence-corrected chi connectivity index (χ1v) is 12.5. The topological polar surface area (TPSA) is 68.5 Å². The highest BCUT2D eigenvalue weighted by Gasteiger charge is 2.46. The Morgan fingerprint density at radius 1 is 1.14 bits per heavy atom. The molecule has 190 valence electrons. The van der Waals surface area contributed by atoms with Crippen molar-refractivity contribution in [3.05, 3.63) is 99.0 Å². The Balaban J connectivity index is 1.80. The van der Waals surface area contributed by atoms with Crippen LogP contribution in [0.4, 0.5) is 23.7 Å². The fourth-order valence-corrected chi connectivity index (χ4v) is 5.00. The number of unbranched alkanes of at least 4 members (excludes halogenated alkanes) is 1. The minimum atomic E-state index is -4.60. The maximum Gasteiger partial charge on any atom is 0.417 e. The van der Waals surface area contributed by atoms with Crippen molar-refractivity contribution in [2.75, 3.05) is 11.9 Å². The van der Waals surface area contributed by atoms with Crippen LogP contribution in [0.5, 0.6) is 0 Å². The standard InChI is InChI=1S/C27H21BrClF3N4O/c28-20-9-11-21(12-10-20)34-25(37)36-17-26(14-4-5-15-33,19-6-2-1-3-7-19)24(35-36)18-8-13-22(23(29)16-18)27(30,31)32/h1-3,6-13,16H,4-5,14,17H2,(H,34,37). The number of rotatable bonds is 6. The molecule has 1 heterocycles. The van der Waals surface area contributed by atoms with Gasteiger partial charge in [-0.1, -0.05) is 63.9 Å². The fraction of sp³-hybridized carbons (Fsp3) is 0.222. The van der Waals surface area contributed by atoms with E-state index in [0.29, 0.717) is 29.8 Å². The van der Waals surface area contributed by atoms with E-state index in [4.69, 9.17) is 16.9 Å². The molecule has 0 radical (unpaired) electrons. The van der Waals surface area contributed by atoms with Gasteiger partial charge in [0.15, 0.2) is 0 Å². The molecule has 1 N–H and O–H groups in total. The van der Waals surface area contributed by atoms with Crippen molar-refractivity contribution in [2.45, 2.75) is 30.9 Å². The van der Waals surface area contributed by atoms with Crippen LogP contribution in [-0.2, 0) is 11.6 Å². The van der Waals surface area contributed by atoms with Gasteiger partial charge in [-0.3, -0.25) is 0 Å². The van der Waals surface area contributed by atoms with E-state index in [1.165, 1.54) is 17.1 Å². The normalized spacial score (nSPS) is 17.3. The number of urea groups is 1. The Morgan fingerprint density at radius 2 is 1.84 bits per heavy atom. The van der Waals surface area contributed by atoms with Gasteiger partial charge in [0.25, 0.3) is 0 Å². The van der Waals surface area contributed by atoms with Crippen LogP contribution in [0.2, 0.25) is 5.02 Å². The van der Waals surface area contributed by atoms with Gasteiger partial charge < -0.3 is 5.32 Å². The van der Waals surface area contributed by atoms with Crippen LogP contribution >= 0.6 is 27.5 Å². The van der Waals surface area contributed by atoms with Crippen molar-refractivity contribution < 1.29 is 18.0 Å². The van der Waals surface area contributed by atoms with Gasteiger partial charge in [-0.25, -0.2) is 9.80 Å². The third-order valence-electron chi connectivity index (χ3n) is 6.19. The summed E-state index contributed by atoms with van der Waals surface area (Å²) in [6.07, 6.45) is -3.38. The van der Waals surface area contributed by atoms with Crippen LogP contribution in [0.3, 0.4) is 0 Å². The first kappa shape index (κ1) is 26.7. The van der Waals surface area contributed by atoms with Crippen LogP contribution < -0.4 is 5.32 Å². The Labute approximate surface area is 225 Å². The third kappa shape index (κ3) is 5.81. The van der Waals surface area contributed by atoms with E-state index in [9.17, 15) is 18.0 Å². The number of hydrogen-bond acceptors (Lipinski definition) is 3. The second-order valence-electron chi connectivity index (χ2n) is 8.60. The number of nitrogens with zero attached hydrogens (tertiary/aromatic N) is 3. The molecular weight excluding hydrogens is 569 g/mol. The molecule has 1 aliphatic rings. The number of nitrogens with one attached hydrogen (secondary N) is 1. The van der Waals surface area contributed by atoms with E-state index in [1.807, 2.05) is 30.3 Å². The van der Waals surface area contributed by atoms with Crippen LogP contribution in [0, 0.1) is 11.3 Å². The van der Waals surface area contributed by atoms with E-state index >= 15 is 0 Å². The number of amides is 2. The molecule has 3 aromatic rings. The molecule has 3 aromatic carbocycles. The first-order valence-electron chi connectivity index (χ1n) is 11.4. The average molecular weight is 590 g/mol. The summed E-state index contributed by atoms with van der Waals surface area (Å²) < 4.78 is 41.0. The maximum absolute atomic E-state index is 13.4. The molecule has 1 atom stereocenters. The Morgan fingerprint density at radius 3 is 2.46 bits per heavy atom. The highest BCUT2D eigenvalue weighted by Crippen LogP contribution is 2.42. The van der Waals surface area contributed by atoms with Gasteiger partial charge in [0.2, 0.25) is 0 Å². The molecule has 0 aromatic heterocycles. The highest BCUT2D eigenvalue weighted by molar-refractivity contribution is 9.10. The largest absolute Gasteiger partial charge is 0.417 e. The highest BCUT2D eigenvalue weighted by atomic mass is 79.9. The minimum Gasteiger partial charge on any atom is -0.306 e. The molecule has 0 aliphatic carbocycles. The van der Waals surface area contributed by atoms with E-state index < -0.39 is 28.2 Å². The number of alkyl halides is 3. The minimum absolute atomic E-state index is 0.138. The van der Waals surface area contributed by atoms with Crippen LogP contribution in [0.15, 0.2) is 82.4 Å². The molecule has 4 rings (SSSR count). The van der Waals surface area contributed by atoms with E-state index in [1.54, 1.807) is 24.3 Å². The fourth-order valence-electron chi connectivity index (χ4n) is 4.44. The molecule has 2 amide bonds. The molecule has 0 fully saturated rings. The van der Waals surface area contributed by atoms with Crippen molar-refractivity contribution in [1.82, 2.24) is 5.01 Å².